The number of alkyl halides is 3. The quantitative estimate of drug-likeness (QED) is 0.902. The molecule has 2 rings (SSSR count). The van der Waals surface area contributed by atoms with Crippen LogP contribution in [0.2, 0.25) is 0 Å². The van der Waals surface area contributed by atoms with Crippen molar-refractivity contribution in [1.29, 1.82) is 0 Å². The minimum absolute atomic E-state index is 0.0517. The van der Waals surface area contributed by atoms with Crippen molar-refractivity contribution in [3.63, 3.8) is 0 Å². The second kappa shape index (κ2) is 6.22. The smallest absolute Gasteiger partial charge is 0.348 e. The molecule has 22 heavy (non-hydrogen) atoms. The summed E-state index contributed by atoms with van der Waals surface area (Å²) in [6.45, 7) is 3.80. The number of amides is 1. The molecule has 0 fully saturated rings. The Balaban J connectivity index is 2.10. The molecule has 116 valence electrons. The van der Waals surface area contributed by atoms with Crippen LogP contribution in [-0.2, 0) is 12.7 Å². The second-order valence-electron chi connectivity index (χ2n) is 5.13. The third-order valence-electron chi connectivity index (χ3n) is 3.56. The van der Waals surface area contributed by atoms with Crippen molar-refractivity contribution in [1.82, 2.24) is 5.32 Å². The van der Waals surface area contributed by atoms with Gasteiger partial charge in [-0.2, -0.15) is 13.2 Å². The van der Waals surface area contributed by atoms with Gasteiger partial charge < -0.3 is 5.32 Å². The van der Waals surface area contributed by atoms with E-state index in [0.717, 1.165) is 23.3 Å². The van der Waals surface area contributed by atoms with Gasteiger partial charge in [0.25, 0.3) is 5.91 Å². The average molecular weight is 307 g/mol. The van der Waals surface area contributed by atoms with Crippen LogP contribution in [0.4, 0.5) is 13.2 Å². The van der Waals surface area contributed by atoms with Crippen LogP contribution in [0.25, 0.3) is 0 Å². The molecule has 0 saturated heterocycles. The summed E-state index contributed by atoms with van der Waals surface area (Å²) in [6, 6.07) is 10.3. The van der Waals surface area contributed by atoms with E-state index in [4.69, 9.17) is 0 Å². The monoisotopic (exact) mass is 307 g/mol. The Bertz CT molecular complexity index is 693. The van der Waals surface area contributed by atoms with Gasteiger partial charge in [0, 0.05) is 12.1 Å². The predicted molar refractivity (Wildman–Crippen MR) is 78.5 cm³/mol. The first-order valence-corrected chi connectivity index (χ1v) is 6.79. The lowest BCUT2D eigenvalue weighted by Crippen LogP contribution is -2.24. The van der Waals surface area contributed by atoms with Crippen molar-refractivity contribution in [3.05, 3.63) is 70.3 Å². The van der Waals surface area contributed by atoms with E-state index in [1.165, 1.54) is 6.07 Å². The highest BCUT2D eigenvalue weighted by Gasteiger charge is 2.30. The molecule has 2 aromatic carbocycles. The predicted octanol–water partition coefficient (Wildman–Crippen LogP) is 4.25. The average Bonchev–Trinajstić information content (AvgIpc) is 2.47. The molecule has 0 bridgehead atoms. The molecular weight excluding hydrogens is 291 g/mol. The molecule has 1 amide bonds. The number of benzene rings is 2. The van der Waals surface area contributed by atoms with Gasteiger partial charge in [0.2, 0.25) is 0 Å². The molecule has 0 aliphatic heterocycles. The Labute approximate surface area is 127 Å². The lowest BCUT2D eigenvalue weighted by atomic mass is 10.0. The summed E-state index contributed by atoms with van der Waals surface area (Å²) in [5.74, 6) is -0.293. The van der Waals surface area contributed by atoms with Crippen LogP contribution in [0.1, 0.15) is 32.6 Å². The van der Waals surface area contributed by atoms with E-state index in [1.54, 1.807) is 18.2 Å². The van der Waals surface area contributed by atoms with Crippen molar-refractivity contribution in [2.45, 2.75) is 26.6 Å². The topological polar surface area (TPSA) is 29.1 Å². The highest BCUT2D eigenvalue weighted by Crippen LogP contribution is 2.29. The fraction of sp³-hybridized carbons (Fsp3) is 0.235. The molecule has 0 aromatic heterocycles. The van der Waals surface area contributed by atoms with Crippen LogP contribution in [0, 0.1) is 13.8 Å². The Hall–Kier alpha value is -2.30. The van der Waals surface area contributed by atoms with Gasteiger partial charge in [0.05, 0.1) is 5.56 Å². The largest absolute Gasteiger partial charge is 0.416 e. The second-order valence-corrected chi connectivity index (χ2v) is 5.13. The van der Waals surface area contributed by atoms with Crippen molar-refractivity contribution in [2.75, 3.05) is 0 Å². The van der Waals surface area contributed by atoms with Gasteiger partial charge in [-0.3, -0.25) is 4.79 Å². The van der Waals surface area contributed by atoms with E-state index in [2.05, 4.69) is 5.32 Å². The molecule has 0 saturated carbocycles. The van der Waals surface area contributed by atoms with Gasteiger partial charge in [-0.15, -0.1) is 0 Å². The number of nitrogens with one attached hydrogen (secondary N) is 1. The SMILES string of the molecule is Cc1cccc(C(=O)NCc2cccc(C(F)(F)F)c2)c1C. The lowest BCUT2D eigenvalue weighted by molar-refractivity contribution is -0.137. The minimum Gasteiger partial charge on any atom is -0.348 e. The zero-order valence-electron chi connectivity index (χ0n) is 12.3. The fourth-order valence-corrected chi connectivity index (χ4v) is 2.13. The maximum Gasteiger partial charge on any atom is 0.416 e. The standard InChI is InChI=1S/C17H16F3NO/c1-11-5-3-8-15(12(11)2)16(22)21-10-13-6-4-7-14(9-13)17(18,19)20/h3-9H,10H2,1-2H3,(H,21,22). The number of hydrogen-bond acceptors (Lipinski definition) is 1. The van der Waals surface area contributed by atoms with Gasteiger partial charge in [-0.1, -0.05) is 24.3 Å². The first kappa shape index (κ1) is 16.1. The normalized spacial score (nSPS) is 11.3. The van der Waals surface area contributed by atoms with Crippen molar-refractivity contribution < 1.29 is 18.0 Å². The molecule has 2 aromatic rings. The van der Waals surface area contributed by atoms with Gasteiger partial charge in [0.15, 0.2) is 0 Å². The Morgan fingerprint density at radius 1 is 1.09 bits per heavy atom. The minimum atomic E-state index is -4.38. The third kappa shape index (κ3) is 3.67. The highest BCUT2D eigenvalue weighted by molar-refractivity contribution is 5.95. The number of aryl methyl sites for hydroxylation is 1. The van der Waals surface area contributed by atoms with Gasteiger partial charge in [-0.05, 0) is 48.7 Å². The third-order valence-corrected chi connectivity index (χ3v) is 3.56. The number of halogens is 3. The van der Waals surface area contributed by atoms with Crippen LogP contribution in [0.15, 0.2) is 42.5 Å². The van der Waals surface area contributed by atoms with Crippen LogP contribution in [-0.4, -0.2) is 5.91 Å². The maximum absolute atomic E-state index is 12.6. The summed E-state index contributed by atoms with van der Waals surface area (Å²) in [4.78, 5) is 12.1. The summed E-state index contributed by atoms with van der Waals surface area (Å²) in [5, 5.41) is 2.66. The summed E-state index contributed by atoms with van der Waals surface area (Å²) >= 11 is 0. The Kier molecular flexibility index (Phi) is 4.54. The van der Waals surface area contributed by atoms with E-state index in [9.17, 15) is 18.0 Å². The zero-order chi connectivity index (χ0) is 16.3. The maximum atomic E-state index is 12.6. The highest BCUT2D eigenvalue weighted by atomic mass is 19.4. The van der Waals surface area contributed by atoms with Crippen molar-refractivity contribution in [2.24, 2.45) is 0 Å². The van der Waals surface area contributed by atoms with E-state index < -0.39 is 11.7 Å². The van der Waals surface area contributed by atoms with Gasteiger partial charge in [-0.25, -0.2) is 0 Å². The van der Waals surface area contributed by atoms with E-state index in [0.29, 0.717) is 11.1 Å². The molecule has 0 atom stereocenters. The molecule has 0 aliphatic rings. The van der Waals surface area contributed by atoms with Crippen LogP contribution < -0.4 is 5.32 Å². The van der Waals surface area contributed by atoms with E-state index in [-0.39, 0.29) is 12.5 Å². The van der Waals surface area contributed by atoms with Gasteiger partial charge >= 0.3 is 6.18 Å². The van der Waals surface area contributed by atoms with Gasteiger partial charge in [0.1, 0.15) is 0 Å². The fourth-order valence-electron chi connectivity index (χ4n) is 2.13. The summed E-state index contributed by atoms with van der Waals surface area (Å²) < 4.78 is 37.9. The molecule has 0 spiro atoms. The lowest BCUT2D eigenvalue weighted by Gasteiger charge is -2.11. The molecule has 5 heteroatoms. The molecule has 0 unspecified atom stereocenters. The van der Waals surface area contributed by atoms with Crippen molar-refractivity contribution in [3.8, 4) is 0 Å². The molecule has 0 radical (unpaired) electrons. The zero-order valence-corrected chi connectivity index (χ0v) is 12.3. The molecule has 0 aliphatic carbocycles. The number of carbonyl (C=O) groups excluding carboxylic acids is 1. The van der Waals surface area contributed by atoms with Crippen LogP contribution in [0.3, 0.4) is 0 Å². The first-order chi connectivity index (χ1) is 10.3. The van der Waals surface area contributed by atoms with E-state index >= 15 is 0 Å². The Morgan fingerprint density at radius 2 is 1.77 bits per heavy atom. The molecule has 2 nitrogen and oxygen atoms in total. The van der Waals surface area contributed by atoms with E-state index in [1.807, 2.05) is 19.9 Å². The van der Waals surface area contributed by atoms with Crippen LogP contribution in [0.5, 0.6) is 0 Å². The first-order valence-electron chi connectivity index (χ1n) is 6.79. The molecular formula is C17H16F3NO. The van der Waals surface area contributed by atoms with Crippen molar-refractivity contribution >= 4 is 5.91 Å². The number of rotatable bonds is 3. The molecule has 1 N–H and O–H groups in total. The summed E-state index contributed by atoms with van der Waals surface area (Å²) in [7, 11) is 0. The van der Waals surface area contributed by atoms with Crippen LogP contribution >= 0.6 is 0 Å². The summed E-state index contributed by atoms with van der Waals surface area (Å²) in [5.41, 5.74) is 2.09. The molecule has 0 heterocycles. The summed E-state index contributed by atoms with van der Waals surface area (Å²) in [6.07, 6.45) is -4.38. The Morgan fingerprint density at radius 3 is 2.45 bits per heavy atom. The number of hydrogen-bond donors (Lipinski definition) is 1. The number of carbonyl (C=O) groups is 1.